The van der Waals surface area contributed by atoms with Crippen molar-refractivity contribution in [3.63, 3.8) is 0 Å². The van der Waals surface area contributed by atoms with Crippen LogP contribution in [0.5, 0.6) is 0 Å². The van der Waals surface area contributed by atoms with Crippen molar-refractivity contribution < 1.29 is 0 Å². The van der Waals surface area contributed by atoms with Crippen LogP contribution in [0.25, 0.3) is 0 Å². The van der Waals surface area contributed by atoms with Crippen molar-refractivity contribution in [2.24, 2.45) is 15.7 Å². The van der Waals surface area contributed by atoms with E-state index in [9.17, 15) is 0 Å². The fourth-order valence-corrected chi connectivity index (χ4v) is 3.55. The predicted molar refractivity (Wildman–Crippen MR) is 96.2 cm³/mol. The van der Waals surface area contributed by atoms with E-state index >= 15 is 0 Å². The first kappa shape index (κ1) is 14.6. The van der Waals surface area contributed by atoms with Crippen molar-refractivity contribution in [2.75, 3.05) is 11.4 Å². The molecule has 1 aliphatic heterocycles. The second-order valence-corrected chi connectivity index (χ2v) is 7.55. The quantitative estimate of drug-likeness (QED) is 0.672. The van der Waals surface area contributed by atoms with E-state index in [1.165, 1.54) is 29.7 Å². The Morgan fingerprint density at radius 2 is 2.00 bits per heavy atom. The molecule has 1 aromatic rings. The SMILES string of the molecule is C=NC(=NC=C(C)C)N1CC2(CC2)c2ccc(C3(N)CC3)cc21. The first-order valence-corrected chi connectivity index (χ1v) is 8.37. The molecule has 2 N–H and O–H groups in total. The topological polar surface area (TPSA) is 54.0 Å². The van der Waals surface area contributed by atoms with Crippen LogP contribution >= 0.6 is 0 Å². The molecule has 1 spiro atoms. The van der Waals surface area contributed by atoms with E-state index in [1.807, 2.05) is 20.0 Å². The van der Waals surface area contributed by atoms with Crippen LogP contribution in [0.3, 0.4) is 0 Å². The van der Waals surface area contributed by atoms with Gasteiger partial charge in [-0.1, -0.05) is 17.7 Å². The summed E-state index contributed by atoms with van der Waals surface area (Å²) in [5.41, 5.74) is 11.6. The second-order valence-electron chi connectivity index (χ2n) is 7.55. The van der Waals surface area contributed by atoms with Gasteiger partial charge in [-0.25, -0.2) is 9.98 Å². The molecule has 0 saturated heterocycles. The Morgan fingerprint density at radius 3 is 2.57 bits per heavy atom. The second kappa shape index (κ2) is 4.78. The molecular formula is C19H24N4. The Balaban J connectivity index is 1.78. The maximum Gasteiger partial charge on any atom is 0.229 e. The van der Waals surface area contributed by atoms with Crippen LogP contribution in [0.1, 0.15) is 50.7 Å². The Morgan fingerprint density at radius 1 is 1.26 bits per heavy atom. The van der Waals surface area contributed by atoms with Crippen LogP contribution < -0.4 is 10.6 Å². The summed E-state index contributed by atoms with van der Waals surface area (Å²) in [6.45, 7) is 8.76. The molecule has 0 aromatic heterocycles. The number of guanidine groups is 1. The molecule has 1 aromatic carbocycles. The lowest BCUT2D eigenvalue weighted by molar-refractivity contribution is 0.737. The minimum atomic E-state index is -0.112. The molecular weight excluding hydrogens is 284 g/mol. The van der Waals surface area contributed by atoms with E-state index in [2.05, 4.69) is 39.8 Å². The van der Waals surface area contributed by atoms with Crippen molar-refractivity contribution >= 4 is 18.4 Å². The van der Waals surface area contributed by atoms with Crippen LogP contribution in [-0.4, -0.2) is 19.2 Å². The fourth-order valence-electron chi connectivity index (χ4n) is 3.55. The highest BCUT2D eigenvalue weighted by Crippen LogP contribution is 2.57. The monoisotopic (exact) mass is 308 g/mol. The minimum Gasteiger partial charge on any atom is -0.321 e. The minimum absolute atomic E-state index is 0.112. The van der Waals surface area contributed by atoms with Gasteiger partial charge in [0.05, 0.1) is 0 Å². The zero-order valence-electron chi connectivity index (χ0n) is 14.0. The van der Waals surface area contributed by atoms with Crippen molar-refractivity contribution in [1.29, 1.82) is 0 Å². The normalized spacial score (nSPS) is 22.7. The van der Waals surface area contributed by atoms with E-state index in [0.29, 0.717) is 11.4 Å². The first-order valence-electron chi connectivity index (χ1n) is 8.37. The highest BCUT2D eigenvalue weighted by Gasteiger charge is 2.53. The molecule has 1 heterocycles. The third kappa shape index (κ3) is 2.32. The van der Waals surface area contributed by atoms with Gasteiger partial charge in [-0.2, -0.15) is 0 Å². The molecule has 0 bridgehead atoms. The zero-order chi connectivity index (χ0) is 16.2. The predicted octanol–water partition coefficient (Wildman–Crippen LogP) is 3.47. The van der Waals surface area contributed by atoms with Gasteiger partial charge in [0.2, 0.25) is 5.96 Å². The largest absolute Gasteiger partial charge is 0.321 e. The van der Waals surface area contributed by atoms with Crippen LogP contribution in [0, 0.1) is 0 Å². The van der Waals surface area contributed by atoms with E-state index in [0.717, 1.165) is 25.0 Å². The average molecular weight is 308 g/mol. The third-order valence-electron chi connectivity index (χ3n) is 5.36. The molecule has 0 atom stereocenters. The van der Waals surface area contributed by atoms with E-state index in [-0.39, 0.29) is 5.54 Å². The molecule has 0 amide bonds. The van der Waals surface area contributed by atoms with Crippen molar-refractivity contribution in [2.45, 2.75) is 50.5 Å². The summed E-state index contributed by atoms with van der Waals surface area (Å²) in [5, 5.41) is 0. The smallest absolute Gasteiger partial charge is 0.229 e. The standard InChI is InChI=1S/C19H24N4/c1-13(2)11-22-17(21-3)23-12-18(6-7-18)15-5-4-14(10-16(15)23)19(20)8-9-19/h4-5,10-11H,3,6-9,12,20H2,1-2H3. The molecule has 2 saturated carbocycles. The van der Waals surface area contributed by atoms with Crippen LogP contribution in [-0.2, 0) is 11.0 Å². The van der Waals surface area contributed by atoms with E-state index in [4.69, 9.17) is 5.73 Å². The van der Waals surface area contributed by atoms with Gasteiger partial charge in [-0.05, 0) is 63.4 Å². The number of fused-ring (bicyclic) bond motifs is 2. The van der Waals surface area contributed by atoms with Gasteiger partial charge < -0.3 is 10.6 Å². The van der Waals surface area contributed by atoms with Gasteiger partial charge in [0.25, 0.3) is 0 Å². The number of nitrogens with zero attached hydrogens (tertiary/aromatic N) is 3. The molecule has 23 heavy (non-hydrogen) atoms. The number of benzene rings is 1. The third-order valence-corrected chi connectivity index (χ3v) is 5.36. The van der Waals surface area contributed by atoms with Gasteiger partial charge in [-0.15, -0.1) is 0 Å². The molecule has 3 aliphatic rings. The molecule has 0 radical (unpaired) electrons. The van der Waals surface area contributed by atoms with Gasteiger partial charge in [-0.3, -0.25) is 0 Å². The molecule has 4 rings (SSSR count). The van der Waals surface area contributed by atoms with Crippen LogP contribution in [0.2, 0.25) is 0 Å². The first-order chi connectivity index (χ1) is 11.0. The zero-order valence-corrected chi connectivity index (χ0v) is 14.0. The summed E-state index contributed by atoms with van der Waals surface area (Å²) in [5.74, 6) is 0.690. The summed E-state index contributed by atoms with van der Waals surface area (Å²) < 4.78 is 0. The van der Waals surface area contributed by atoms with Crippen LogP contribution in [0.15, 0.2) is 40.0 Å². The average Bonchev–Trinajstić information content (AvgIpc) is 3.42. The highest BCUT2D eigenvalue weighted by molar-refractivity contribution is 6.01. The maximum atomic E-state index is 6.40. The highest BCUT2D eigenvalue weighted by atomic mass is 15.3. The molecule has 120 valence electrons. The van der Waals surface area contributed by atoms with Gasteiger partial charge in [0.1, 0.15) is 0 Å². The Bertz CT molecular complexity index is 732. The maximum absolute atomic E-state index is 6.40. The summed E-state index contributed by atoms with van der Waals surface area (Å²) in [6, 6.07) is 6.77. The summed E-state index contributed by atoms with van der Waals surface area (Å²) in [7, 11) is 0. The van der Waals surface area contributed by atoms with E-state index < -0.39 is 0 Å². The van der Waals surface area contributed by atoms with E-state index in [1.54, 1.807) is 0 Å². The van der Waals surface area contributed by atoms with Crippen molar-refractivity contribution in [3.05, 3.63) is 41.1 Å². The lowest BCUT2D eigenvalue weighted by atomic mass is 9.95. The van der Waals surface area contributed by atoms with Gasteiger partial charge in [0.15, 0.2) is 0 Å². The summed E-state index contributed by atoms with van der Waals surface area (Å²) in [4.78, 5) is 11.0. The molecule has 2 aliphatic carbocycles. The Kier molecular flexibility index (Phi) is 3.04. The molecule has 0 unspecified atom stereocenters. The summed E-state index contributed by atoms with van der Waals surface area (Å²) >= 11 is 0. The lowest BCUT2D eigenvalue weighted by Crippen LogP contribution is -2.30. The van der Waals surface area contributed by atoms with Crippen molar-refractivity contribution in [1.82, 2.24) is 0 Å². The van der Waals surface area contributed by atoms with Gasteiger partial charge in [0, 0.05) is 29.4 Å². The number of anilines is 1. The number of hydrogen-bond donors (Lipinski definition) is 1. The Labute approximate surface area is 137 Å². The number of aliphatic imine (C=N–C) groups is 2. The fraction of sp³-hybridized carbons (Fsp3) is 0.474. The lowest BCUT2D eigenvalue weighted by Gasteiger charge is -2.19. The number of hydrogen-bond acceptors (Lipinski definition) is 2. The number of rotatable bonds is 2. The number of nitrogens with two attached hydrogens (primary N) is 1. The van der Waals surface area contributed by atoms with Crippen LogP contribution in [0.4, 0.5) is 5.69 Å². The van der Waals surface area contributed by atoms with Gasteiger partial charge >= 0.3 is 0 Å². The summed E-state index contributed by atoms with van der Waals surface area (Å²) in [6.07, 6.45) is 6.51. The molecule has 4 heteroatoms. The number of allylic oxidation sites excluding steroid dienone is 1. The van der Waals surface area contributed by atoms with Crippen molar-refractivity contribution in [3.8, 4) is 0 Å². The Hall–Kier alpha value is -1.94. The molecule has 2 fully saturated rings. The molecule has 4 nitrogen and oxygen atoms in total.